The Morgan fingerprint density at radius 2 is 1.84 bits per heavy atom. The Kier molecular flexibility index (Phi) is 7.00. The summed E-state index contributed by atoms with van der Waals surface area (Å²) >= 11 is 0. The van der Waals surface area contributed by atoms with Crippen LogP contribution < -0.4 is 20.3 Å². The molecule has 25 heavy (non-hydrogen) atoms. The number of nitrogens with one attached hydrogen (secondary N) is 2. The Hall–Kier alpha value is -2.83. The maximum absolute atomic E-state index is 10.9. The lowest BCUT2D eigenvalue weighted by Gasteiger charge is -2.11. The Morgan fingerprint density at radius 3 is 2.48 bits per heavy atom. The van der Waals surface area contributed by atoms with Crippen LogP contribution in [0.15, 0.2) is 48.5 Å². The van der Waals surface area contributed by atoms with Gasteiger partial charge in [-0.05, 0) is 23.3 Å². The summed E-state index contributed by atoms with van der Waals surface area (Å²) in [5.41, 5.74) is 4.61. The number of ether oxygens (including phenoxy) is 2. The van der Waals surface area contributed by atoms with Crippen LogP contribution in [0.25, 0.3) is 6.08 Å². The fourth-order valence-corrected chi connectivity index (χ4v) is 2.30. The molecule has 0 aliphatic rings. The number of amides is 1. The van der Waals surface area contributed by atoms with Gasteiger partial charge in [-0.1, -0.05) is 30.3 Å². The van der Waals surface area contributed by atoms with Crippen molar-refractivity contribution in [3.8, 4) is 11.5 Å². The number of benzene rings is 2. The molecule has 0 saturated carbocycles. The van der Waals surface area contributed by atoms with E-state index in [4.69, 9.17) is 14.7 Å². The first-order valence-corrected chi connectivity index (χ1v) is 7.79. The van der Waals surface area contributed by atoms with E-state index in [9.17, 15) is 4.79 Å². The molecule has 1 amide bonds. The van der Waals surface area contributed by atoms with Gasteiger partial charge in [-0.25, -0.2) is 5.48 Å². The van der Waals surface area contributed by atoms with Gasteiger partial charge in [0.25, 0.3) is 5.91 Å². The summed E-state index contributed by atoms with van der Waals surface area (Å²) in [7, 11) is 3.27. The Morgan fingerprint density at radius 1 is 1.08 bits per heavy atom. The number of hydroxylamine groups is 1. The van der Waals surface area contributed by atoms with Gasteiger partial charge in [0, 0.05) is 30.8 Å². The third-order valence-electron chi connectivity index (χ3n) is 3.66. The molecule has 0 aromatic heterocycles. The number of carbonyl (C=O) groups is 1. The van der Waals surface area contributed by atoms with Crippen molar-refractivity contribution in [3.05, 3.63) is 65.2 Å². The second-order valence-corrected chi connectivity index (χ2v) is 5.33. The molecule has 0 aliphatic heterocycles. The largest absolute Gasteiger partial charge is 0.497 e. The number of carbonyl (C=O) groups excluding carboxylic acids is 1. The summed E-state index contributed by atoms with van der Waals surface area (Å²) in [6.45, 7) is 1.38. The van der Waals surface area contributed by atoms with Crippen LogP contribution in [0, 0.1) is 0 Å². The van der Waals surface area contributed by atoms with Crippen LogP contribution in [-0.4, -0.2) is 25.3 Å². The molecule has 0 bridgehead atoms. The molecule has 0 atom stereocenters. The molecular formula is C19H22N2O4. The van der Waals surface area contributed by atoms with Gasteiger partial charge >= 0.3 is 0 Å². The molecule has 2 aromatic rings. The quantitative estimate of drug-likeness (QED) is 0.390. The zero-order valence-electron chi connectivity index (χ0n) is 14.3. The molecule has 6 nitrogen and oxygen atoms in total. The first-order valence-electron chi connectivity index (χ1n) is 7.79. The zero-order chi connectivity index (χ0) is 18.1. The minimum Gasteiger partial charge on any atom is -0.497 e. The molecule has 0 heterocycles. The highest BCUT2D eigenvalue weighted by atomic mass is 16.5. The van der Waals surface area contributed by atoms with Crippen LogP contribution in [-0.2, 0) is 17.9 Å². The third kappa shape index (κ3) is 5.63. The first-order chi connectivity index (χ1) is 12.2. The number of hydrogen-bond acceptors (Lipinski definition) is 5. The van der Waals surface area contributed by atoms with Crippen molar-refractivity contribution in [1.82, 2.24) is 10.8 Å². The third-order valence-corrected chi connectivity index (χ3v) is 3.66. The highest BCUT2D eigenvalue weighted by Crippen LogP contribution is 2.24. The minimum absolute atomic E-state index is 0.556. The second kappa shape index (κ2) is 9.46. The molecular weight excluding hydrogens is 320 g/mol. The van der Waals surface area contributed by atoms with Gasteiger partial charge in [0.05, 0.1) is 14.2 Å². The maximum Gasteiger partial charge on any atom is 0.267 e. The molecule has 2 rings (SSSR count). The molecule has 0 saturated heterocycles. The number of rotatable bonds is 8. The number of methoxy groups -OCH3 is 2. The summed E-state index contributed by atoms with van der Waals surface area (Å²) in [4.78, 5) is 10.9. The lowest BCUT2D eigenvalue weighted by molar-refractivity contribution is -0.124. The van der Waals surface area contributed by atoms with Gasteiger partial charge in [-0.15, -0.1) is 0 Å². The van der Waals surface area contributed by atoms with E-state index >= 15 is 0 Å². The highest BCUT2D eigenvalue weighted by Gasteiger charge is 2.04. The van der Waals surface area contributed by atoms with Crippen molar-refractivity contribution in [2.75, 3.05) is 14.2 Å². The molecule has 0 spiro atoms. The van der Waals surface area contributed by atoms with Crippen molar-refractivity contribution < 1.29 is 19.5 Å². The maximum atomic E-state index is 10.9. The Balaban J connectivity index is 1.89. The molecule has 2 aromatic carbocycles. The van der Waals surface area contributed by atoms with Gasteiger partial charge in [-0.2, -0.15) is 0 Å². The average molecular weight is 342 g/mol. The fourth-order valence-electron chi connectivity index (χ4n) is 2.30. The topological polar surface area (TPSA) is 79.8 Å². The number of hydrogen-bond donors (Lipinski definition) is 3. The minimum atomic E-state index is -0.556. The summed E-state index contributed by atoms with van der Waals surface area (Å²) < 4.78 is 10.6. The van der Waals surface area contributed by atoms with Crippen molar-refractivity contribution in [2.45, 2.75) is 13.1 Å². The zero-order valence-corrected chi connectivity index (χ0v) is 14.3. The predicted octanol–water partition coefficient (Wildman–Crippen LogP) is 2.51. The molecule has 6 heteroatoms. The molecule has 0 unspecified atom stereocenters. The monoisotopic (exact) mass is 342 g/mol. The fraction of sp³-hybridized carbons (Fsp3) is 0.211. The molecule has 0 fully saturated rings. The smallest absolute Gasteiger partial charge is 0.267 e. The van der Waals surface area contributed by atoms with Crippen molar-refractivity contribution in [3.63, 3.8) is 0 Å². The van der Waals surface area contributed by atoms with Gasteiger partial charge in [0.15, 0.2) is 0 Å². The standard InChI is InChI=1S/C19H22N2O4/c1-24-17-9-8-16(18(11-17)25-2)13-20-12-15-5-3-14(4-6-15)7-10-19(22)21-23/h3-11,20,23H,12-13H2,1-2H3,(H,21,22)/b10-7+. The summed E-state index contributed by atoms with van der Waals surface area (Å²) in [5.74, 6) is 0.993. The van der Waals surface area contributed by atoms with Crippen molar-refractivity contribution in [2.24, 2.45) is 0 Å². The van der Waals surface area contributed by atoms with Crippen LogP contribution >= 0.6 is 0 Å². The first kappa shape index (κ1) is 18.5. The van der Waals surface area contributed by atoms with E-state index in [0.29, 0.717) is 13.1 Å². The molecule has 3 N–H and O–H groups in total. The van der Waals surface area contributed by atoms with E-state index in [1.807, 2.05) is 42.5 Å². The molecule has 132 valence electrons. The van der Waals surface area contributed by atoms with E-state index in [-0.39, 0.29) is 0 Å². The lowest BCUT2D eigenvalue weighted by Crippen LogP contribution is -2.14. The summed E-state index contributed by atoms with van der Waals surface area (Å²) in [6, 6.07) is 13.5. The SMILES string of the molecule is COc1ccc(CNCc2ccc(/C=C/C(=O)NO)cc2)c(OC)c1. The van der Waals surface area contributed by atoms with E-state index in [1.54, 1.807) is 25.8 Å². The molecule has 0 radical (unpaired) electrons. The van der Waals surface area contributed by atoms with Crippen LogP contribution in [0.4, 0.5) is 0 Å². The van der Waals surface area contributed by atoms with E-state index in [1.165, 1.54) is 6.08 Å². The predicted molar refractivity (Wildman–Crippen MR) is 95.5 cm³/mol. The van der Waals surface area contributed by atoms with Crippen LogP contribution in [0.2, 0.25) is 0 Å². The van der Waals surface area contributed by atoms with Gasteiger partial charge < -0.3 is 14.8 Å². The molecule has 0 aliphatic carbocycles. The van der Waals surface area contributed by atoms with Crippen LogP contribution in [0.5, 0.6) is 11.5 Å². The van der Waals surface area contributed by atoms with Gasteiger partial charge in [0.1, 0.15) is 11.5 Å². The summed E-state index contributed by atoms with van der Waals surface area (Å²) in [6.07, 6.45) is 2.90. The Bertz CT molecular complexity index is 727. The highest BCUT2D eigenvalue weighted by molar-refractivity contribution is 5.90. The van der Waals surface area contributed by atoms with E-state index in [0.717, 1.165) is 28.2 Å². The van der Waals surface area contributed by atoms with E-state index in [2.05, 4.69) is 5.32 Å². The average Bonchev–Trinajstić information content (AvgIpc) is 2.67. The summed E-state index contributed by atoms with van der Waals surface area (Å²) in [5, 5.41) is 11.8. The second-order valence-electron chi connectivity index (χ2n) is 5.33. The van der Waals surface area contributed by atoms with Gasteiger partial charge in [0.2, 0.25) is 0 Å². The normalized spacial score (nSPS) is 10.7. The van der Waals surface area contributed by atoms with E-state index < -0.39 is 5.91 Å². The van der Waals surface area contributed by atoms with Crippen LogP contribution in [0.1, 0.15) is 16.7 Å². The Labute approximate surface area is 147 Å². The van der Waals surface area contributed by atoms with Crippen molar-refractivity contribution >= 4 is 12.0 Å². The van der Waals surface area contributed by atoms with Crippen LogP contribution in [0.3, 0.4) is 0 Å². The van der Waals surface area contributed by atoms with Crippen molar-refractivity contribution in [1.29, 1.82) is 0 Å². The van der Waals surface area contributed by atoms with Gasteiger partial charge in [-0.3, -0.25) is 10.0 Å². The lowest BCUT2D eigenvalue weighted by atomic mass is 10.1.